The van der Waals surface area contributed by atoms with Gasteiger partial charge in [0.15, 0.2) is 0 Å². The van der Waals surface area contributed by atoms with Gasteiger partial charge >= 0.3 is 0 Å². The molecule has 0 spiro atoms. The summed E-state index contributed by atoms with van der Waals surface area (Å²) in [5.74, 6) is 0.250. The normalized spacial score (nSPS) is 11.2. The molecule has 5 nitrogen and oxygen atoms in total. The van der Waals surface area contributed by atoms with Crippen molar-refractivity contribution < 1.29 is 13.2 Å². The number of nitrogen functional groups attached to an aromatic ring is 1. The summed E-state index contributed by atoms with van der Waals surface area (Å²) in [6, 6.07) is 9.87. The summed E-state index contributed by atoms with van der Waals surface area (Å²) in [4.78, 5) is 0.0169. The first kappa shape index (κ1) is 15.2. The molecular formula is C15H18N2O3S. The average Bonchev–Trinajstić information content (AvgIpc) is 2.42. The Morgan fingerprint density at radius 2 is 1.76 bits per heavy atom. The molecule has 0 unspecified atom stereocenters. The number of sulfonamides is 1. The smallest absolute Gasteiger partial charge is 0.265 e. The van der Waals surface area contributed by atoms with Crippen LogP contribution in [0.1, 0.15) is 11.1 Å². The quantitative estimate of drug-likeness (QED) is 0.851. The number of hydrogen-bond donors (Lipinski definition) is 2. The van der Waals surface area contributed by atoms with Gasteiger partial charge in [0.2, 0.25) is 0 Å². The molecule has 0 heterocycles. The van der Waals surface area contributed by atoms with Gasteiger partial charge in [-0.3, -0.25) is 4.72 Å². The minimum absolute atomic E-state index is 0.0169. The second-order valence-corrected chi connectivity index (χ2v) is 6.47. The van der Waals surface area contributed by atoms with Gasteiger partial charge in [0, 0.05) is 11.4 Å². The van der Waals surface area contributed by atoms with Crippen molar-refractivity contribution >= 4 is 21.4 Å². The number of aryl methyl sites for hydroxylation is 2. The van der Waals surface area contributed by atoms with E-state index in [1.165, 1.54) is 19.2 Å². The molecule has 0 aliphatic rings. The van der Waals surface area contributed by atoms with Crippen molar-refractivity contribution in [2.75, 3.05) is 17.6 Å². The number of benzene rings is 2. The monoisotopic (exact) mass is 306 g/mol. The van der Waals surface area contributed by atoms with Crippen LogP contribution in [0, 0.1) is 13.8 Å². The van der Waals surface area contributed by atoms with E-state index in [-0.39, 0.29) is 10.6 Å². The summed E-state index contributed by atoms with van der Waals surface area (Å²) >= 11 is 0. The van der Waals surface area contributed by atoms with E-state index in [4.69, 9.17) is 10.5 Å². The summed E-state index contributed by atoms with van der Waals surface area (Å²) < 4.78 is 32.6. The van der Waals surface area contributed by atoms with Gasteiger partial charge in [0.1, 0.15) is 10.6 Å². The van der Waals surface area contributed by atoms with E-state index in [0.29, 0.717) is 11.4 Å². The Labute approximate surface area is 124 Å². The summed E-state index contributed by atoms with van der Waals surface area (Å²) in [6.07, 6.45) is 0. The van der Waals surface area contributed by atoms with Gasteiger partial charge in [-0.2, -0.15) is 0 Å². The van der Waals surface area contributed by atoms with Crippen molar-refractivity contribution in [3.05, 3.63) is 47.5 Å². The summed E-state index contributed by atoms with van der Waals surface area (Å²) in [5.41, 5.74) is 8.63. The zero-order chi connectivity index (χ0) is 15.6. The van der Waals surface area contributed by atoms with Gasteiger partial charge in [-0.05, 0) is 55.3 Å². The minimum Gasteiger partial charge on any atom is -0.495 e. The van der Waals surface area contributed by atoms with Crippen LogP contribution >= 0.6 is 0 Å². The minimum atomic E-state index is -3.76. The topological polar surface area (TPSA) is 81.4 Å². The molecule has 21 heavy (non-hydrogen) atoms. The highest BCUT2D eigenvalue weighted by molar-refractivity contribution is 7.92. The maximum atomic E-state index is 12.5. The first-order chi connectivity index (χ1) is 9.83. The van der Waals surface area contributed by atoms with Gasteiger partial charge in [-0.25, -0.2) is 8.42 Å². The van der Waals surface area contributed by atoms with Crippen molar-refractivity contribution in [1.29, 1.82) is 0 Å². The maximum absolute atomic E-state index is 12.5. The fourth-order valence-electron chi connectivity index (χ4n) is 1.92. The fraction of sp³-hybridized carbons (Fsp3) is 0.200. The Bertz CT molecular complexity index is 770. The number of nitrogens with one attached hydrogen (secondary N) is 1. The molecule has 0 fully saturated rings. The molecule has 6 heteroatoms. The lowest BCUT2D eigenvalue weighted by Gasteiger charge is -2.13. The Balaban J connectivity index is 2.42. The molecule has 0 amide bonds. The molecule has 0 bridgehead atoms. The Morgan fingerprint density at radius 3 is 2.38 bits per heavy atom. The van der Waals surface area contributed by atoms with E-state index in [9.17, 15) is 8.42 Å². The van der Waals surface area contributed by atoms with Gasteiger partial charge < -0.3 is 10.5 Å². The van der Waals surface area contributed by atoms with Crippen molar-refractivity contribution in [1.82, 2.24) is 0 Å². The standard InChI is InChI=1S/C15H18N2O3S/c1-10-4-6-13(8-11(10)2)17-21(18,19)15-9-12(16)5-7-14(15)20-3/h4-9,17H,16H2,1-3H3. The predicted octanol–water partition coefficient (Wildman–Crippen LogP) is 2.70. The lowest BCUT2D eigenvalue weighted by molar-refractivity contribution is 0.403. The molecule has 2 aromatic rings. The lowest BCUT2D eigenvalue weighted by atomic mass is 10.1. The Morgan fingerprint density at radius 1 is 1.05 bits per heavy atom. The van der Waals surface area contributed by atoms with Crippen molar-refractivity contribution in [3.63, 3.8) is 0 Å². The van der Waals surface area contributed by atoms with Crippen molar-refractivity contribution in [3.8, 4) is 5.75 Å². The summed E-state index contributed by atoms with van der Waals surface area (Å²) in [7, 11) is -2.35. The predicted molar refractivity (Wildman–Crippen MR) is 84.1 cm³/mol. The molecule has 112 valence electrons. The van der Waals surface area contributed by atoms with Crippen LogP contribution in [0.25, 0.3) is 0 Å². The number of ether oxygens (including phenoxy) is 1. The van der Waals surface area contributed by atoms with Crippen LogP contribution in [0.3, 0.4) is 0 Å². The second kappa shape index (κ2) is 5.65. The highest BCUT2D eigenvalue weighted by atomic mass is 32.2. The molecule has 0 aliphatic heterocycles. The van der Waals surface area contributed by atoms with Crippen molar-refractivity contribution in [2.45, 2.75) is 18.7 Å². The molecule has 0 aromatic heterocycles. The van der Waals surface area contributed by atoms with Crippen LogP contribution in [0.5, 0.6) is 5.75 Å². The van der Waals surface area contributed by atoms with Crippen LogP contribution in [0.2, 0.25) is 0 Å². The molecule has 0 radical (unpaired) electrons. The Hall–Kier alpha value is -2.21. The number of methoxy groups -OCH3 is 1. The molecular weight excluding hydrogens is 288 g/mol. The number of hydrogen-bond acceptors (Lipinski definition) is 4. The number of anilines is 2. The average molecular weight is 306 g/mol. The zero-order valence-electron chi connectivity index (χ0n) is 12.2. The summed E-state index contributed by atoms with van der Waals surface area (Å²) in [6.45, 7) is 3.89. The third-order valence-electron chi connectivity index (χ3n) is 3.24. The summed E-state index contributed by atoms with van der Waals surface area (Å²) in [5, 5.41) is 0. The molecule has 3 N–H and O–H groups in total. The third kappa shape index (κ3) is 3.28. The van der Waals surface area contributed by atoms with Gasteiger partial charge in [0.05, 0.1) is 7.11 Å². The largest absolute Gasteiger partial charge is 0.495 e. The van der Waals surface area contributed by atoms with Gasteiger partial charge in [-0.1, -0.05) is 6.07 Å². The fourth-order valence-corrected chi connectivity index (χ4v) is 3.17. The van der Waals surface area contributed by atoms with Crippen LogP contribution in [0.15, 0.2) is 41.3 Å². The van der Waals surface area contributed by atoms with Crippen LogP contribution in [-0.4, -0.2) is 15.5 Å². The molecule has 0 aliphatic carbocycles. The van der Waals surface area contributed by atoms with E-state index in [1.54, 1.807) is 18.2 Å². The van der Waals surface area contributed by atoms with E-state index in [1.807, 2.05) is 19.9 Å². The lowest BCUT2D eigenvalue weighted by Crippen LogP contribution is -2.14. The second-order valence-electron chi connectivity index (χ2n) is 4.81. The van der Waals surface area contributed by atoms with Crippen LogP contribution < -0.4 is 15.2 Å². The SMILES string of the molecule is COc1ccc(N)cc1S(=O)(=O)Nc1ccc(C)c(C)c1. The first-order valence-corrected chi connectivity index (χ1v) is 7.85. The zero-order valence-corrected chi connectivity index (χ0v) is 13.0. The highest BCUT2D eigenvalue weighted by Crippen LogP contribution is 2.28. The number of nitrogens with two attached hydrogens (primary N) is 1. The first-order valence-electron chi connectivity index (χ1n) is 6.37. The van der Waals surface area contributed by atoms with Crippen LogP contribution in [0.4, 0.5) is 11.4 Å². The number of rotatable bonds is 4. The van der Waals surface area contributed by atoms with E-state index in [2.05, 4.69) is 4.72 Å². The molecule has 2 aromatic carbocycles. The van der Waals surface area contributed by atoms with Gasteiger partial charge in [-0.15, -0.1) is 0 Å². The van der Waals surface area contributed by atoms with Crippen LogP contribution in [-0.2, 0) is 10.0 Å². The molecule has 0 atom stereocenters. The Kier molecular flexibility index (Phi) is 4.09. The third-order valence-corrected chi connectivity index (χ3v) is 4.64. The molecule has 0 saturated heterocycles. The molecule has 2 rings (SSSR count). The van der Waals surface area contributed by atoms with Crippen molar-refractivity contribution in [2.24, 2.45) is 0 Å². The van der Waals surface area contributed by atoms with E-state index >= 15 is 0 Å². The molecule has 0 saturated carbocycles. The maximum Gasteiger partial charge on any atom is 0.265 e. The highest BCUT2D eigenvalue weighted by Gasteiger charge is 2.20. The van der Waals surface area contributed by atoms with Gasteiger partial charge in [0.25, 0.3) is 10.0 Å². The van der Waals surface area contributed by atoms with E-state index in [0.717, 1.165) is 11.1 Å². The van der Waals surface area contributed by atoms with E-state index < -0.39 is 10.0 Å².